The van der Waals surface area contributed by atoms with E-state index < -0.39 is 0 Å². The van der Waals surface area contributed by atoms with Gasteiger partial charge in [-0.3, -0.25) is 9.59 Å². The molecular weight excluding hydrogens is 280 g/mol. The third-order valence-corrected chi connectivity index (χ3v) is 4.14. The molecule has 1 aromatic carbocycles. The van der Waals surface area contributed by atoms with Crippen molar-refractivity contribution in [1.82, 2.24) is 9.80 Å². The van der Waals surface area contributed by atoms with Gasteiger partial charge >= 0.3 is 0 Å². The molecule has 1 aliphatic heterocycles. The number of amides is 2. The van der Waals surface area contributed by atoms with E-state index in [2.05, 4.69) is 0 Å². The Morgan fingerprint density at radius 3 is 2.64 bits per heavy atom. The predicted octanol–water partition coefficient (Wildman–Crippen LogP) is 1.68. The first kappa shape index (κ1) is 14.9. The van der Waals surface area contributed by atoms with E-state index in [-0.39, 0.29) is 18.4 Å². The van der Waals surface area contributed by atoms with Crippen LogP contribution in [0.5, 0.6) is 5.75 Å². The zero-order valence-corrected chi connectivity index (χ0v) is 12.7. The Labute approximate surface area is 130 Å². The molecule has 1 heterocycles. The summed E-state index contributed by atoms with van der Waals surface area (Å²) >= 11 is 0. The smallest absolute Gasteiger partial charge is 0.242 e. The highest BCUT2D eigenvalue weighted by molar-refractivity contribution is 5.86. The van der Waals surface area contributed by atoms with Gasteiger partial charge in [-0.25, -0.2) is 0 Å². The molecule has 5 heteroatoms. The molecule has 2 amide bonds. The quantitative estimate of drug-likeness (QED) is 0.751. The molecule has 0 N–H and O–H groups in total. The summed E-state index contributed by atoms with van der Waals surface area (Å²) in [5, 5.41) is 0. The van der Waals surface area contributed by atoms with Gasteiger partial charge in [0.2, 0.25) is 11.8 Å². The lowest BCUT2D eigenvalue weighted by atomic mass is 10.2. The number of rotatable bonds is 6. The number of hydrogen-bond acceptors (Lipinski definition) is 3. The van der Waals surface area contributed by atoms with Crippen LogP contribution in [0.25, 0.3) is 0 Å². The summed E-state index contributed by atoms with van der Waals surface area (Å²) < 4.78 is 5.58. The molecule has 0 radical (unpaired) electrons. The van der Waals surface area contributed by atoms with E-state index in [0.29, 0.717) is 38.6 Å². The molecule has 118 valence electrons. The molecular formula is C17H22N2O3. The molecule has 2 fully saturated rings. The van der Waals surface area contributed by atoms with Gasteiger partial charge in [-0.2, -0.15) is 0 Å². The zero-order chi connectivity index (χ0) is 15.4. The highest BCUT2D eigenvalue weighted by Crippen LogP contribution is 2.28. The fourth-order valence-electron chi connectivity index (χ4n) is 2.76. The lowest BCUT2D eigenvalue weighted by Crippen LogP contribution is -2.52. The molecule has 5 nitrogen and oxygen atoms in total. The number of hydrogen-bond donors (Lipinski definition) is 0. The van der Waals surface area contributed by atoms with Gasteiger partial charge in [0.1, 0.15) is 5.75 Å². The van der Waals surface area contributed by atoms with Gasteiger partial charge in [0, 0.05) is 25.6 Å². The van der Waals surface area contributed by atoms with E-state index in [0.717, 1.165) is 18.6 Å². The van der Waals surface area contributed by atoms with Crippen molar-refractivity contribution in [3.63, 3.8) is 0 Å². The van der Waals surface area contributed by atoms with Gasteiger partial charge in [-0.05, 0) is 31.4 Å². The average Bonchev–Trinajstić information content (AvgIpc) is 3.37. The van der Waals surface area contributed by atoms with E-state index >= 15 is 0 Å². The molecule has 22 heavy (non-hydrogen) atoms. The number of para-hydroxylation sites is 1. The molecule has 1 aliphatic carbocycles. The first-order valence-electron chi connectivity index (χ1n) is 7.99. The second-order valence-corrected chi connectivity index (χ2v) is 5.90. The summed E-state index contributed by atoms with van der Waals surface area (Å²) in [5.41, 5.74) is 0. The topological polar surface area (TPSA) is 49.9 Å². The van der Waals surface area contributed by atoms with Crippen LogP contribution in [0.4, 0.5) is 0 Å². The number of carbonyl (C=O) groups excluding carboxylic acids is 2. The monoisotopic (exact) mass is 302 g/mol. The van der Waals surface area contributed by atoms with Gasteiger partial charge < -0.3 is 14.5 Å². The maximum absolute atomic E-state index is 12.1. The summed E-state index contributed by atoms with van der Waals surface area (Å²) in [7, 11) is 0. The molecule has 1 saturated carbocycles. The van der Waals surface area contributed by atoms with E-state index in [1.807, 2.05) is 35.2 Å². The van der Waals surface area contributed by atoms with Crippen LogP contribution in [0.1, 0.15) is 25.7 Å². The number of piperazine rings is 1. The molecule has 1 aromatic rings. The lowest BCUT2D eigenvalue weighted by Gasteiger charge is -2.34. The minimum atomic E-state index is 0.0560. The Morgan fingerprint density at radius 1 is 1.18 bits per heavy atom. The van der Waals surface area contributed by atoms with Crippen LogP contribution in [0.15, 0.2) is 30.3 Å². The molecule has 0 atom stereocenters. The van der Waals surface area contributed by atoms with Crippen LogP contribution in [0.2, 0.25) is 0 Å². The molecule has 1 saturated heterocycles. The van der Waals surface area contributed by atoms with Gasteiger partial charge in [0.15, 0.2) is 0 Å². The molecule has 0 spiro atoms. The first-order valence-corrected chi connectivity index (χ1v) is 7.99. The van der Waals surface area contributed by atoms with Crippen LogP contribution >= 0.6 is 0 Å². The van der Waals surface area contributed by atoms with Crippen molar-refractivity contribution in [1.29, 1.82) is 0 Å². The van der Waals surface area contributed by atoms with Crippen molar-refractivity contribution >= 4 is 11.8 Å². The Hall–Kier alpha value is -2.04. The molecule has 2 aliphatic rings. The largest absolute Gasteiger partial charge is 0.494 e. The highest BCUT2D eigenvalue weighted by Gasteiger charge is 2.36. The van der Waals surface area contributed by atoms with Gasteiger partial charge in [0.05, 0.1) is 13.2 Å². The van der Waals surface area contributed by atoms with Crippen LogP contribution in [-0.4, -0.2) is 53.9 Å². The normalized spacial score (nSPS) is 18.5. The van der Waals surface area contributed by atoms with Gasteiger partial charge in [-0.1, -0.05) is 18.2 Å². The van der Waals surface area contributed by atoms with Crippen molar-refractivity contribution in [2.45, 2.75) is 31.7 Å². The Morgan fingerprint density at radius 2 is 1.95 bits per heavy atom. The number of carbonyl (C=O) groups is 2. The summed E-state index contributed by atoms with van der Waals surface area (Å²) in [5.74, 6) is 0.978. The van der Waals surface area contributed by atoms with E-state index in [9.17, 15) is 9.59 Å². The van der Waals surface area contributed by atoms with Crippen molar-refractivity contribution in [2.24, 2.45) is 0 Å². The molecule has 3 rings (SSSR count). The van der Waals surface area contributed by atoms with E-state index in [4.69, 9.17) is 4.74 Å². The third kappa shape index (κ3) is 3.78. The fourth-order valence-corrected chi connectivity index (χ4v) is 2.76. The zero-order valence-electron chi connectivity index (χ0n) is 12.7. The van der Waals surface area contributed by atoms with Crippen LogP contribution in [0, 0.1) is 0 Å². The highest BCUT2D eigenvalue weighted by atomic mass is 16.5. The minimum absolute atomic E-state index is 0.0560. The number of ether oxygens (including phenoxy) is 1. The predicted molar refractivity (Wildman–Crippen MR) is 82.5 cm³/mol. The van der Waals surface area contributed by atoms with E-state index in [1.54, 1.807) is 4.90 Å². The lowest BCUT2D eigenvalue weighted by molar-refractivity contribution is -0.145. The van der Waals surface area contributed by atoms with Crippen molar-refractivity contribution in [3.05, 3.63) is 30.3 Å². The van der Waals surface area contributed by atoms with Crippen LogP contribution in [-0.2, 0) is 9.59 Å². The maximum Gasteiger partial charge on any atom is 0.242 e. The minimum Gasteiger partial charge on any atom is -0.494 e. The van der Waals surface area contributed by atoms with Gasteiger partial charge in [0.25, 0.3) is 0 Å². The summed E-state index contributed by atoms with van der Waals surface area (Å²) in [6, 6.07) is 10.0. The average molecular weight is 302 g/mol. The molecule has 0 bridgehead atoms. The molecule has 0 unspecified atom stereocenters. The second kappa shape index (κ2) is 6.81. The third-order valence-electron chi connectivity index (χ3n) is 4.14. The SMILES string of the molecule is O=C(CCCOc1ccccc1)N1CCN(C2CC2)C(=O)C1. The number of benzene rings is 1. The summed E-state index contributed by atoms with van der Waals surface area (Å²) in [6.45, 7) is 2.12. The van der Waals surface area contributed by atoms with Crippen LogP contribution in [0.3, 0.4) is 0 Å². The van der Waals surface area contributed by atoms with Crippen molar-refractivity contribution < 1.29 is 14.3 Å². The standard InChI is InChI=1S/C17H22N2O3/c20-16(7-4-12-22-15-5-2-1-3-6-15)18-10-11-19(14-8-9-14)17(21)13-18/h1-3,5-6,14H,4,7-13H2. The first-order chi connectivity index (χ1) is 10.7. The van der Waals surface area contributed by atoms with Gasteiger partial charge in [-0.15, -0.1) is 0 Å². The second-order valence-electron chi connectivity index (χ2n) is 5.90. The maximum atomic E-state index is 12.1. The Balaban J connectivity index is 1.36. The van der Waals surface area contributed by atoms with Crippen molar-refractivity contribution in [2.75, 3.05) is 26.2 Å². The number of nitrogens with zero attached hydrogens (tertiary/aromatic N) is 2. The fraction of sp³-hybridized carbons (Fsp3) is 0.529. The van der Waals surface area contributed by atoms with E-state index in [1.165, 1.54) is 0 Å². The summed E-state index contributed by atoms with van der Waals surface area (Å²) in [4.78, 5) is 27.8. The summed E-state index contributed by atoms with van der Waals surface area (Å²) in [6.07, 6.45) is 3.35. The Kier molecular flexibility index (Phi) is 4.61. The Bertz CT molecular complexity index is 528. The van der Waals surface area contributed by atoms with Crippen molar-refractivity contribution in [3.8, 4) is 5.75 Å². The molecule has 0 aromatic heterocycles. The van der Waals surface area contributed by atoms with Crippen LogP contribution < -0.4 is 4.74 Å².